The Labute approximate surface area is 140 Å². The minimum absolute atomic E-state index is 0.0532. The Morgan fingerprint density at radius 1 is 1.48 bits per heavy atom. The Balaban J connectivity index is 1.76. The van der Waals surface area contributed by atoms with E-state index in [4.69, 9.17) is 4.74 Å². The minimum atomic E-state index is -0.0532. The monoisotopic (exact) mass is 331 g/mol. The molecule has 1 saturated heterocycles. The highest BCUT2D eigenvalue weighted by atomic mass is 32.1. The number of aryl methyl sites for hydroxylation is 1. The molecule has 1 aliphatic rings. The van der Waals surface area contributed by atoms with Crippen molar-refractivity contribution in [1.29, 1.82) is 0 Å². The van der Waals surface area contributed by atoms with Crippen LogP contribution in [0.3, 0.4) is 0 Å². The van der Waals surface area contributed by atoms with Crippen LogP contribution in [0.5, 0.6) is 5.88 Å². The van der Waals surface area contributed by atoms with Gasteiger partial charge in [-0.2, -0.15) is 0 Å². The van der Waals surface area contributed by atoms with E-state index in [-0.39, 0.29) is 12.1 Å². The van der Waals surface area contributed by atoms with Gasteiger partial charge in [0.25, 0.3) is 0 Å². The van der Waals surface area contributed by atoms with Crippen LogP contribution >= 0.6 is 11.3 Å². The van der Waals surface area contributed by atoms with Gasteiger partial charge >= 0.3 is 6.03 Å². The van der Waals surface area contributed by atoms with Crippen molar-refractivity contribution in [3.8, 4) is 5.88 Å². The maximum atomic E-state index is 12.7. The number of anilines is 1. The molecule has 122 valence electrons. The first-order valence-corrected chi connectivity index (χ1v) is 8.75. The Hall–Kier alpha value is -2.08. The number of likely N-dealkylation sites (tertiary alicyclic amines) is 1. The predicted octanol–water partition coefficient (Wildman–Crippen LogP) is 4.08. The first kappa shape index (κ1) is 15.8. The first-order valence-electron chi connectivity index (χ1n) is 7.88. The number of carbonyl (C=O) groups is 1. The molecule has 0 aliphatic carbocycles. The van der Waals surface area contributed by atoms with Crippen LogP contribution < -0.4 is 10.1 Å². The fourth-order valence-corrected chi connectivity index (χ4v) is 3.83. The Morgan fingerprint density at radius 3 is 3.04 bits per heavy atom. The van der Waals surface area contributed by atoms with E-state index in [9.17, 15) is 4.79 Å². The lowest BCUT2D eigenvalue weighted by Crippen LogP contribution is -2.34. The number of amides is 2. The van der Waals surface area contributed by atoms with Crippen LogP contribution in [-0.2, 0) is 6.42 Å². The number of carbonyl (C=O) groups excluding carboxylic acids is 1. The molecule has 0 radical (unpaired) electrons. The van der Waals surface area contributed by atoms with E-state index in [2.05, 4.69) is 21.7 Å². The maximum absolute atomic E-state index is 12.7. The predicted molar refractivity (Wildman–Crippen MR) is 92.2 cm³/mol. The number of pyridine rings is 1. The van der Waals surface area contributed by atoms with Gasteiger partial charge in [-0.1, -0.05) is 13.0 Å². The molecule has 0 bridgehead atoms. The summed E-state index contributed by atoms with van der Waals surface area (Å²) < 4.78 is 5.15. The summed E-state index contributed by atoms with van der Waals surface area (Å²) >= 11 is 1.71. The summed E-state index contributed by atoms with van der Waals surface area (Å²) in [5, 5.41) is 5.08. The van der Waals surface area contributed by atoms with Gasteiger partial charge < -0.3 is 15.0 Å². The number of nitrogens with zero attached hydrogens (tertiary/aromatic N) is 2. The number of nitrogens with one attached hydrogen (secondary N) is 1. The van der Waals surface area contributed by atoms with Crippen LogP contribution in [-0.4, -0.2) is 29.6 Å². The highest BCUT2D eigenvalue weighted by molar-refractivity contribution is 7.10. The van der Waals surface area contributed by atoms with Crippen molar-refractivity contribution < 1.29 is 9.53 Å². The number of ether oxygens (including phenoxy) is 1. The van der Waals surface area contributed by atoms with Crippen LogP contribution in [0.2, 0.25) is 0 Å². The molecular weight excluding hydrogens is 310 g/mol. The second kappa shape index (κ2) is 7.00. The topological polar surface area (TPSA) is 54.5 Å². The molecular formula is C17H21N3O2S. The Bertz CT molecular complexity index is 672. The molecule has 23 heavy (non-hydrogen) atoms. The molecule has 3 heterocycles. The van der Waals surface area contributed by atoms with Crippen LogP contribution in [0.1, 0.15) is 36.4 Å². The second-order valence-electron chi connectivity index (χ2n) is 5.50. The summed E-state index contributed by atoms with van der Waals surface area (Å²) in [6, 6.07) is 7.91. The molecule has 2 amide bonds. The molecule has 5 nitrogen and oxygen atoms in total. The van der Waals surface area contributed by atoms with E-state index in [1.807, 2.05) is 24.0 Å². The van der Waals surface area contributed by atoms with Crippen molar-refractivity contribution in [2.24, 2.45) is 0 Å². The van der Waals surface area contributed by atoms with E-state index in [1.54, 1.807) is 24.5 Å². The van der Waals surface area contributed by atoms with Gasteiger partial charge in [0.1, 0.15) is 0 Å². The van der Waals surface area contributed by atoms with Gasteiger partial charge in [-0.05, 0) is 36.8 Å². The van der Waals surface area contributed by atoms with Gasteiger partial charge in [0, 0.05) is 17.5 Å². The summed E-state index contributed by atoms with van der Waals surface area (Å²) in [7, 11) is 1.59. The Kier molecular flexibility index (Phi) is 4.81. The summed E-state index contributed by atoms with van der Waals surface area (Å²) in [6.07, 6.45) is 2.80. The highest BCUT2D eigenvalue weighted by Crippen LogP contribution is 2.35. The third-order valence-corrected chi connectivity index (χ3v) is 5.09. The zero-order valence-electron chi connectivity index (χ0n) is 13.4. The van der Waals surface area contributed by atoms with E-state index in [0.29, 0.717) is 5.88 Å². The van der Waals surface area contributed by atoms with Crippen molar-refractivity contribution in [2.75, 3.05) is 19.0 Å². The number of thiophene rings is 1. The van der Waals surface area contributed by atoms with Gasteiger partial charge in [-0.25, -0.2) is 9.78 Å². The van der Waals surface area contributed by atoms with E-state index < -0.39 is 0 Å². The first-order chi connectivity index (χ1) is 11.2. The van der Waals surface area contributed by atoms with Gasteiger partial charge in [0.15, 0.2) is 0 Å². The van der Waals surface area contributed by atoms with Crippen molar-refractivity contribution in [1.82, 2.24) is 9.88 Å². The van der Waals surface area contributed by atoms with Crippen LogP contribution in [0.25, 0.3) is 0 Å². The molecule has 0 aromatic carbocycles. The molecule has 2 aromatic heterocycles. The zero-order valence-corrected chi connectivity index (χ0v) is 14.2. The summed E-state index contributed by atoms with van der Waals surface area (Å²) in [5.74, 6) is 0.567. The molecule has 6 heteroatoms. The lowest BCUT2D eigenvalue weighted by atomic mass is 10.2. The quantitative estimate of drug-likeness (QED) is 0.918. The number of hydrogen-bond acceptors (Lipinski definition) is 4. The van der Waals surface area contributed by atoms with E-state index in [0.717, 1.165) is 37.2 Å². The third-order valence-electron chi connectivity index (χ3n) is 4.12. The number of aromatic nitrogens is 1. The molecule has 1 fully saturated rings. The standard InChI is InChI=1S/C17H21N3O2S/c1-3-12-13(8-9-16(18-12)22-2)19-17(21)20-10-4-6-14(20)15-7-5-11-23-15/h5,7-9,11,14H,3-4,6,10H2,1-2H3,(H,19,21). The molecule has 2 aromatic rings. The number of methoxy groups -OCH3 is 1. The number of urea groups is 1. The maximum Gasteiger partial charge on any atom is 0.322 e. The van der Waals surface area contributed by atoms with Crippen LogP contribution in [0.4, 0.5) is 10.5 Å². The smallest absolute Gasteiger partial charge is 0.322 e. The highest BCUT2D eigenvalue weighted by Gasteiger charge is 2.30. The molecule has 3 rings (SSSR count). The normalized spacial score (nSPS) is 17.3. The minimum Gasteiger partial charge on any atom is -0.481 e. The molecule has 0 saturated carbocycles. The fraction of sp³-hybridized carbons (Fsp3) is 0.412. The number of hydrogen-bond donors (Lipinski definition) is 1. The molecule has 1 aliphatic heterocycles. The van der Waals surface area contributed by atoms with Crippen LogP contribution in [0.15, 0.2) is 29.6 Å². The number of rotatable bonds is 4. The van der Waals surface area contributed by atoms with Gasteiger partial charge in [-0.3, -0.25) is 0 Å². The van der Waals surface area contributed by atoms with Crippen molar-refractivity contribution in [3.63, 3.8) is 0 Å². The fourth-order valence-electron chi connectivity index (χ4n) is 2.95. The summed E-state index contributed by atoms with van der Waals surface area (Å²) in [4.78, 5) is 20.3. The van der Waals surface area contributed by atoms with Gasteiger partial charge in [-0.15, -0.1) is 11.3 Å². The van der Waals surface area contributed by atoms with E-state index in [1.165, 1.54) is 4.88 Å². The third kappa shape index (κ3) is 3.32. The average Bonchev–Trinajstić information content (AvgIpc) is 3.25. The summed E-state index contributed by atoms with van der Waals surface area (Å²) in [6.45, 7) is 2.81. The van der Waals surface area contributed by atoms with Crippen molar-refractivity contribution in [2.45, 2.75) is 32.2 Å². The van der Waals surface area contributed by atoms with Gasteiger partial charge in [0.05, 0.1) is 24.5 Å². The van der Waals surface area contributed by atoms with Gasteiger partial charge in [0.2, 0.25) is 5.88 Å². The van der Waals surface area contributed by atoms with E-state index >= 15 is 0 Å². The molecule has 0 spiro atoms. The second-order valence-corrected chi connectivity index (χ2v) is 6.48. The van der Waals surface area contributed by atoms with Crippen LogP contribution in [0, 0.1) is 0 Å². The summed E-state index contributed by atoms with van der Waals surface area (Å²) in [5.41, 5.74) is 1.60. The molecule has 1 unspecified atom stereocenters. The largest absolute Gasteiger partial charge is 0.481 e. The van der Waals surface area contributed by atoms with Crippen molar-refractivity contribution in [3.05, 3.63) is 40.2 Å². The SMILES string of the molecule is CCc1nc(OC)ccc1NC(=O)N1CCCC1c1cccs1. The average molecular weight is 331 g/mol. The molecule has 1 atom stereocenters. The zero-order chi connectivity index (χ0) is 16.2. The lowest BCUT2D eigenvalue weighted by Gasteiger charge is -2.24. The van der Waals surface area contributed by atoms with Crippen molar-refractivity contribution >= 4 is 23.1 Å². The molecule has 1 N–H and O–H groups in total. The lowest BCUT2D eigenvalue weighted by molar-refractivity contribution is 0.208. The Morgan fingerprint density at radius 2 is 2.35 bits per heavy atom.